The molecular weight excluding hydrogens is 852 g/mol. The number of aliphatic hydroxyl groups excluding tert-OH is 1. The van der Waals surface area contributed by atoms with E-state index < -0.39 is 20.0 Å². The normalized spacial score (nSPS) is 14.6. The molecule has 8 nitrogen and oxygen atoms in total. The Morgan fingerprint density at radius 2 is 0.866 bits per heavy atom. The van der Waals surface area contributed by atoms with E-state index >= 15 is 0 Å². The van der Waals surface area contributed by atoms with Crippen molar-refractivity contribution in [3.8, 4) is 0 Å². The van der Waals surface area contributed by atoms with Crippen LogP contribution in [0.1, 0.15) is 239 Å². The number of quaternary nitrogens is 1. The average Bonchev–Trinajstić information content (AvgIpc) is 3.29. The van der Waals surface area contributed by atoms with E-state index in [1.807, 2.05) is 27.2 Å². The molecule has 0 saturated carbocycles. The summed E-state index contributed by atoms with van der Waals surface area (Å²) in [6, 6.07) is -0.871. The lowest BCUT2D eigenvalue weighted by Gasteiger charge is -2.25. The fourth-order valence-corrected chi connectivity index (χ4v) is 8.46. The molecule has 3 unspecified atom stereocenters. The summed E-state index contributed by atoms with van der Waals surface area (Å²) in [4.78, 5) is 23.2. The second-order valence-corrected chi connectivity index (χ2v) is 21.4. The third kappa shape index (κ3) is 51.6. The van der Waals surface area contributed by atoms with Crippen LogP contribution in [0, 0.1) is 0 Å². The van der Waals surface area contributed by atoms with Gasteiger partial charge in [-0.15, -0.1) is 0 Å². The molecule has 9 heteroatoms. The highest BCUT2D eigenvalue weighted by Gasteiger charge is 2.27. The molecule has 0 bridgehead atoms. The third-order valence-electron chi connectivity index (χ3n) is 12.1. The van der Waals surface area contributed by atoms with E-state index in [-0.39, 0.29) is 19.1 Å². The van der Waals surface area contributed by atoms with Crippen molar-refractivity contribution in [2.75, 3.05) is 40.9 Å². The van der Waals surface area contributed by atoms with Crippen LogP contribution >= 0.6 is 7.82 Å². The lowest BCUT2D eigenvalue weighted by molar-refractivity contribution is -0.870. The first-order chi connectivity index (χ1) is 32.5. The number of phosphoric acid groups is 1. The Morgan fingerprint density at radius 3 is 1.31 bits per heavy atom. The van der Waals surface area contributed by atoms with Gasteiger partial charge in [-0.05, 0) is 83.5 Å². The average molecular weight is 960 g/mol. The number of aliphatic hydroxyl groups is 1. The zero-order valence-electron chi connectivity index (χ0n) is 44.4. The molecule has 1 amide bonds. The van der Waals surface area contributed by atoms with Crippen LogP contribution in [0.3, 0.4) is 0 Å². The molecule has 0 spiro atoms. The first-order valence-electron chi connectivity index (χ1n) is 27.8. The van der Waals surface area contributed by atoms with Crippen LogP contribution in [0.4, 0.5) is 0 Å². The predicted molar refractivity (Wildman–Crippen MR) is 290 cm³/mol. The second kappa shape index (κ2) is 48.9. The van der Waals surface area contributed by atoms with Crippen molar-refractivity contribution in [1.29, 1.82) is 0 Å². The SMILES string of the molecule is CCCCCC/C=C/CC/C=C/CC/C=C/C(O)C(COP(=O)(O)OCC[N+](C)(C)C)NC(=O)CCCCCCCCCCCCCCCCCC/C=C\C/C=C\C/C=C\CCCCCCC. The van der Waals surface area contributed by atoms with Gasteiger partial charge >= 0.3 is 7.82 Å². The molecule has 0 fully saturated rings. The molecule has 0 radical (unpaired) electrons. The van der Waals surface area contributed by atoms with Crippen LogP contribution in [0.2, 0.25) is 0 Å². The van der Waals surface area contributed by atoms with Crippen LogP contribution in [-0.4, -0.2) is 73.4 Å². The van der Waals surface area contributed by atoms with Crippen molar-refractivity contribution in [3.05, 3.63) is 72.9 Å². The first kappa shape index (κ1) is 64.9. The standard InChI is InChI=1S/C58H107N2O6P/c1-6-8-10-12-14-16-18-20-22-23-24-25-26-27-28-29-30-31-32-33-34-35-36-37-38-40-42-44-46-48-50-52-58(62)59-56(55-66-67(63,64)65-54-53-60(3,4)5)57(61)51-49-47-45-43-41-39-21-19-17-15-13-11-9-7-2/h17-20,23-24,26-27,41,43,49,51,56-57,61H,6-16,21-22,25,28-40,42,44-48,50,52-55H2,1-5H3,(H-,59,62,63,64)/p+1/b19-17+,20-18-,24-23-,27-26-,43-41+,51-49+. The van der Waals surface area contributed by atoms with Crippen LogP contribution in [0.5, 0.6) is 0 Å². The van der Waals surface area contributed by atoms with Crippen LogP contribution in [0.25, 0.3) is 0 Å². The number of hydrogen-bond acceptors (Lipinski definition) is 5. The number of phosphoric ester groups is 1. The highest BCUT2D eigenvalue weighted by molar-refractivity contribution is 7.47. The fraction of sp³-hybridized carbons (Fsp3) is 0.776. The minimum absolute atomic E-state index is 0.0516. The van der Waals surface area contributed by atoms with Crippen molar-refractivity contribution >= 4 is 13.7 Å². The van der Waals surface area contributed by atoms with Crippen molar-refractivity contribution in [2.24, 2.45) is 0 Å². The Kier molecular flexibility index (Phi) is 47.4. The van der Waals surface area contributed by atoms with Gasteiger partial charge in [-0.1, -0.05) is 222 Å². The Balaban J connectivity index is 4.13. The molecule has 0 aromatic carbocycles. The second-order valence-electron chi connectivity index (χ2n) is 19.9. The maximum absolute atomic E-state index is 12.9. The topological polar surface area (TPSA) is 105 Å². The van der Waals surface area contributed by atoms with Gasteiger partial charge in [-0.25, -0.2) is 4.57 Å². The maximum Gasteiger partial charge on any atom is 0.472 e. The molecule has 0 aliphatic carbocycles. The monoisotopic (exact) mass is 960 g/mol. The van der Waals surface area contributed by atoms with Crippen molar-refractivity contribution in [1.82, 2.24) is 5.32 Å². The molecule has 0 aromatic rings. The maximum atomic E-state index is 12.9. The fourth-order valence-electron chi connectivity index (χ4n) is 7.73. The van der Waals surface area contributed by atoms with E-state index in [1.165, 1.54) is 161 Å². The van der Waals surface area contributed by atoms with E-state index in [1.54, 1.807) is 6.08 Å². The van der Waals surface area contributed by atoms with Gasteiger partial charge < -0.3 is 19.8 Å². The molecular formula is C58H108N2O6P+. The van der Waals surface area contributed by atoms with Gasteiger partial charge in [0.05, 0.1) is 39.9 Å². The Labute approximate surface area is 414 Å². The van der Waals surface area contributed by atoms with Gasteiger partial charge in [0, 0.05) is 6.42 Å². The molecule has 0 heterocycles. The summed E-state index contributed by atoms with van der Waals surface area (Å²) in [6.45, 7) is 4.75. The number of hydrogen-bond donors (Lipinski definition) is 3. The largest absolute Gasteiger partial charge is 0.472 e. The summed E-state index contributed by atoms with van der Waals surface area (Å²) >= 11 is 0. The summed E-state index contributed by atoms with van der Waals surface area (Å²) in [5, 5.41) is 13.9. The minimum atomic E-state index is -4.36. The molecule has 0 aromatic heterocycles. The third-order valence-corrected chi connectivity index (χ3v) is 13.1. The lowest BCUT2D eigenvalue weighted by atomic mass is 10.0. The van der Waals surface area contributed by atoms with Gasteiger partial charge in [-0.3, -0.25) is 13.8 Å². The molecule has 0 aliphatic rings. The molecule has 67 heavy (non-hydrogen) atoms. The highest BCUT2D eigenvalue weighted by atomic mass is 31.2. The van der Waals surface area contributed by atoms with Gasteiger partial charge in [0.2, 0.25) is 5.91 Å². The number of likely N-dealkylation sites (N-methyl/N-ethyl adjacent to an activating group) is 1. The van der Waals surface area contributed by atoms with E-state index in [0.717, 1.165) is 57.8 Å². The van der Waals surface area contributed by atoms with Gasteiger partial charge in [0.25, 0.3) is 0 Å². The van der Waals surface area contributed by atoms with Crippen molar-refractivity contribution in [3.63, 3.8) is 0 Å². The van der Waals surface area contributed by atoms with Crippen LogP contribution < -0.4 is 5.32 Å². The number of carbonyl (C=O) groups excluding carboxylic acids is 1. The van der Waals surface area contributed by atoms with Gasteiger partial charge in [-0.2, -0.15) is 0 Å². The van der Waals surface area contributed by atoms with Gasteiger partial charge in [0.15, 0.2) is 0 Å². The van der Waals surface area contributed by atoms with E-state index in [2.05, 4.69) is 79.9 Å². The molecule has 0 rings (SSSR count). The van der Waals surface area contributed by atoms with Gasteiger partial charge in [0.1, 0.15) is 13.2 Å². The summed E-state index contributed by atoms with van der Waals surface area (Å²) in [5.74, 6) is -0.193. The van der Waals surface area contributed by atoms with Crippen molar-refractivity contribution in [2.45, 2.75) is 251 Å². The van der Waals surface area contributed by atoms with E-state index in [4.69, 9.17) is 9.05 Å². The predicted octanol–water partition coefficient (Wildman–Crippen LogP) is 16.7. The number of nitrogens with zero attached hydrogens (tertiary/aromatic N) is 1. The number of allylic oxidation sites excluding steroid dienone is 11. The lowest BCUT2D eigenvalue weighted by Crippen LogP contribution is -2.45. The molecule has 3 N–H and O–H groups in total. The van der Waals surface area contributed by atoms with E-state index in [9.17, 15) is 19.4 Å². The number of unbranched alkanes of at least 4 members (excludes halogenated alkanes) is 27. The zero-order valence-corrected chi connectivity index (χ0v) is 45.3. The Bertz CT molecular complexity index is 1320. The van der Waals surface area contributed by atoms with E-state index in [0.29, 0.717) is 17.4 Å². The van der Waals surface area contributed by atoms with Crippen molar-refractivity contribution < 1.29 is 32.9 Å². The molecule has 3 atom stereocenters. The smallest absolute Gasteiger partial charge is 0.387 e. The summed E-state index contributed by atoms with van der Waals surface area (Å²) in [5.41, 5.74) is 0. The zero-order chi connectivity index (χ0) is 49.2. The quantitative estimate of drug-likeness (QED) is 0.0243. The van der Waals surface area contributed by atoms with Crippen LogP contribution in [-0.2, 0) is 18.4 Å². The summed E-state index contributed by atoms with van der Waals surface area (Å²) in [6.07, 6.45) is 67.2. The highest BCUT2D eigenvalue weighted by Crippen LogP contribution is 2.43. The van der Waals surface area contributed by atoms with Crippen LogP contribution in [0.15, 0.2) is 72.9 Å². The summed E-state index contributed by atoms with van der Waals surface area (Å²) in [7, 11) is 1.54. The minimum Gasteiger partial charge on any atom is -0.387 e. The number of carbonyl (C=O) groups is 1. The Hall–Kier alpha value is -2.06. The number of nitrogens with one attached hydrogen (secondary N) is 1. The molecule has 0 aliphatic heterocycles. The first-order valence-corrected chi connectivity index (χ1v) is 29.3. The number of rotatable bonds is 50. The Morgan fingerprint density at radius 1 is 0.507 bits per heavy atom. The molecule has 0 saturated heterocycles. The molecule has 390 valence electrons. The number of amides is 1. The summed E-state index contributed by atoms with van der Waals surface area (Å²) < 4.78 is 23.6.